The number of rotatable bonds is 5. The predicted molar refractivity (Wildman–Crippen MR) is 114 cm³/mol. The molecule has 4 rings (SSSR count). The van der Waals surface area contributed by atoms with Gasteiger partial charge in [0.25, 0.3) is 0 Å². The first kappa shape index (κ1) is 19.2. The Bertz CT molecular complexity index is 847. The highest BCUT2D eigenvalue weighted by Crippen LogP contribution is 2.36. The number of benzene rings is 1. The third-order valence-corrected chi connectivity index (χ3v) is 6.02. The maximum absolute atomic E-state index is 12.2. The number of piperidine rings is 1. The van der Waals surface area contributed by atoms with Crippen LogP contribution in [0, 0.1) is 0 Å². The number of nitrogens with one attached hydrogen (secondary N) is 1. The molecule has 0 spiro atoms. The molecule has 0 aliphatic carbocycles. The van der Waals surface area contributed by atoms with Crippen LogP contribution in [0.4, 0.5) is 5.69 Å². The molecule has 0 bridgehead atoms. The smallest absolute Gasteiger partial charge is 0.235 e. The fraction of sp³-hybridized carbons (Fsp3) is 0.545. The van der Waals surface area contributed by atoms with Gasteiger partial charge < -0.3 is 15.1 Å². The monoisotopic (exact) mass is 381 g/mol. The summed E-state index contributed by atoms with van der Waals surface area (Å²) < 4.78 is 0. The van der Waals surface area contributed by atoms with Gasteiger partial charge in [0.05, 0.1) is 12.7 Å². The van der Waals surface area contributed by atoms with E-state index in [2.05, 4.69) is 45.2 Å². The van der Waals surface area contributed by atoms with Crippen LogP contribution in [0.3, 0.4) is 0 Å². The van der Waals surface area contributed by atoms with E-state index in [9.17, 15) is 4.79 Å². The molecule has 0 radical (unpaired) electrons. The molecule has 1 aromatic carbocycles. The highest BCUT2D eigenvalue weighted by atomic mass is 16.2. The zero-order chi connectivity index (χ0) is 19.7. The number of amides is 1. The Labute approximate surface area is 167 Å². The molecule has 1 amide bonds. The van der Waals surface area contributed by atoms with Crippen LogP contribution in [0.1, 0.15) is 25.3 Å². The van der Waals surface area contributed by atoms with Crippen LogP contribution < -0.4 is 10.2 Å². The minimum atomic E-state index is 0.0623. The molecule has 2 aromatic rings. The normalized spacial score (nSPS) is 21.1. The standard InChI is InChI=1S/C22H31N5O/c1-16(24-21(28)15-25(2)3)26-10-5-7-19(14-26)27-11-9-18-13-23-12-17-6-4-8-20(27)22(17)18/h4,6,8,12-13,16,19H,5,7,9-11,14-15H2,1-3H3,(H,24,28). The second-order valence-electron chi connectivity index (χ2n) is 8.39. The number of hydrogen-bond donors (Lipinski definition) is 1. The highest BCUT2D eigenvalue weighted by molar-refractivity contribution is 5.97. The Morgan fingerprint density at radius 2 is 2.18 bits per heavy atom. The third-order valence-electron chi connectivity index (χ3n) is 6.02. The lowest BCUT2D eigenvalue weighted by molar-refractivity contribution is -0.123. The fourth-order valence-electron chi connectivity index (χ4n) is 4.70. The van der Waals surface area contributed by atoms with Crippen LogP contribution in [0.15, 0.2) is 30.6 Å². The molecule has 3 heterocycles. The lowest BCUT2D eigenvalue weighted by Gasteiger charge is -2.44. The zero-order valence-corrected chi connectivity index (χ0v) is 17.2. The van der Waals surface area contributed by atoms with E-state index in [0.717, 1.165) is 32.5 Å². The number of anilines is 1. The molecular weight excluding hydrogens is 350 g/mol. The van der Waals surface area contributed by atoms with E-state index < -0.39 is 0 Å². The molecule has 6 heteroatoms. The largest absolute Gasteiger partial charge is 0.366 e. The molecule has 150 valence electrons. The van der Waals surface area contributed by atoms with E-state index >= 15 is 0 Å². The molecule has 2 unspecified atom stereocenters. The Balaban J connectivity index is 1.50. The lowest BCUT2D eigenvalue weighted by Crippen LogP contribution is -2.56. The van der Waals surface area contributed by atoms with Crippen molar-refractivity contribution in [2.75, 3.05) is 45.2 Å². The molecule has 6 nitrogen and oxygen atoms in total. The number of carbonyl (C=O) groups is 1. The first-order valence-corrected chi connectivity index (χ1v) is 10.3. The maximum Gasteiger partial charge on any atom is 0.235 e. The number of aromatic nitrogens is 1. The molecule has 0 saturated carbocycles. The summed E-state index contributed by atoms with van der Waals surface area (Å²) in [5.74, 6) is 0.0868. The number of likely N-dealkylation sites (N-methyl/N-ethyl adjacent to an activating group) is 1. The highest BCUT2D eigenvalue weighted by Gasteiger charge is 2.31. The molecule has 1 fully saturated rings. The molecule has 1 saturated heterocycles. The van der Waals surface area contributed by atoms with Gasteiger partial charge in [0.15, 0.2) is 0 Å². The number of nitrogens with zero attached hydrogens (tertiary/aromatic N) is 4. The second-order valence-corrected chi connectivity index (χ2v) is 8.39. The van der Waals surface area contributed by atoms with Crippen molar-refractivity contribution in [1.82, 2.24) is 20.1 Å². The summed E-state index contributed by atoms with van der Waals surface area (Å²) in [6.45, 7) is 5.60. The average Bonchev–Trinajstić information content (AvgIpc) is 2.68. The molecule has 2 aliphatic heterocycles. The number of hydrogen-bond acceptors (Lipinski definition) is 5. The van der Waals surface area contributed by atoms with Crippen LogP contribution in [-0.2, 0) is 11.2 Å². The van der Waals surface area contributed by atoms with Crippen molar-refractivity contribution >= 4 is 22.4 Å². The topological polar surface area (TPSA) is 51.7 Å². The fourth-order valence-corrected chi connectivity index (χ4v) is 4.70. The maximum atomic E-state index is 12.2. The van der Waals surface area contributed by atoms with Gasteiger partial charge in [-0.2, -0.15) is 0 Å². The summed E-state index contributed by atoms with van der Waals surface area (Å²) in [6.07, 6.45) is 7.47. The Hall–Kier alpha value is -2.18. The van der Waals surface area contributed by atoms with E-state index in [-0.39, 0.29) is 12.1 Å². The molecule has 28 heavy (non-hydrogen) atoms. The number of likely N-dealkylation sites (tertiary alicyclic amines) is 1. The SMILES string of the molecule is CC(NC(=O)CN(C)C)N1CCCC(N2CCc3cncc4cccc2c34)C1. The second kappa shape index (κ2) is 8.05. The summed E-state index contributed by atoms with van der Waals surface area (Å²) in [4.78, 5) is 23.5. The quantitative estimate of drug-likeness (QED) is 0.860. The van der Waals surface area contributed by atoms with Gasteiger partial charge in [0.2, 0.25) is 5.91 Å². The first-order valence-electron chi connectivity index (χ1n) is 10.3. The average molecular weight is 382 g/mol. The Kier molecular flexibility index (Phi) is 5.51. The lowest BCUT2D eigenvalue weighted by atomic mass is 9.95. The van der Waals surface area contributed by atoms with Crippen LogP contribution in [-0.4, -0.2) is 73.2 Å². The molecule has 2 atom stereocenters. The van der Waals surface area contributed by atoms with E-state index in [1.54, 1.807) is 0 Å². The van der Waals surface area contributed by atoms with Crippen molar-refractivity contribution in [3.05, 3.63) is 36.2 Å². The first-order chi connectivity index (χ1) is 13.5. The van der Waals surface area contributed by atoms with E-state index in [1.807, 2.05) is 31.4 Å². The summed E-state index contributed by atoms with van der Waals surface area (Å²) in [5, 5.41) is 5.76. The van der Waals surface area contributed by atoms with Crippen molar-refractivity contribution in [3.63, 3.8) is 0 Å². The minimum Gasteiger partial charge on any atom is -0.366 e. The number of carbonyl (C=O) groups excluding carboxylic acids is 1. The van der Waals surface area contributed by atoms with Crippen molar-refractivity contribution in [2.45, 2.75) is 38.4 Å². The third kappa shape index (κ3) is 3.84. The van der Waals surface area contributed by atoms with Crippen LogP contribution >= 0.6 is 0 Å². The zero-order valence-electron chi connectivity index (χ0n) is 17.2. The van der Waals surface area contributed by atoms with Crippen LogP contribution in [0.2, 0.25) is 0 Å². The van der Waals surface area contributed by atoms with Gasteiger partial charge in [-0.1, -0.05) is 12.1 Å². The minimum absolute atomic E-state index is 0.0623. The molecule has 1 N–H and O–H groups in total. The van der Waals surface area contributed by atoms with Crippen molar-refractivity contribution in [1.29, 1.82) is 0 Å². The van der Waals surface area contributed by atoms with Crippen LogP contribution in [0.5, 0.6) is 0 Å². The van der Waals surface area contributed by atoms with Gasteiger partial charge >= 0.3 is 0 Å². The molecule has 1 aromatic heterocycles. The van der Waals surface area contributed by atoms with Gasteiger partial charge in [-0.05, 0) is 51.9 Å². The van der Waals surface area contributed by atoms with Gasteiger partial charge in [-0.3, -0.25) is 14.7 Å². The van der Waals surface area contributed by atoms with Gasteiger partial charge in [-0.25, -0.2) is 0 Å². The Morgan fingerprint density at radius 3 is 3.00 bits per heavy atom. The van der Waals surface area contributed by atoms with Crippen molar-refractivity contribution < 1.29 is 4.79 Å². The van der Waals surface area contributed by atoms with Gasteiger partial charge in [0.1, 0.15) is 0 Å². The Morgan fingerprint density at radius 1 is 1.32 bits per heavy atom. The summed E-state index contributed by atoms with van der Waals surface area (Å²) in [6, 6.07) is 7.04. The van der Waals surface area contributed by atoms with Gasteiger partial charge in [-0.15, -0.1) is 0 Å². The van der Waals surface area contributed by atoms with E-state index in [1.165, 1.54) is 28.4 Å². The summed E-state index contributed by atoms with van der Waals surface area (Å²) in [5.41, 5.74) is 2.71. The molecular formula is C22H31N5O. The predicted octanol–water partition coefficient (Wildman–Crippen LogP) is 2.09. The van der Waals surface area contributed by atoms with E-state index in [0.29, 0.717) is 12.6 Å². The summed E-state index contributed by atoms with van der Waals surface area (Å²) in [7, 11) is 3.84. The number of pyridine rings is 1. The molecule has 2 aliphatic rings. The van der Waals surface area contributed by atoms with Crippen molar-refractivity contribution in [2.24, 2.45) is 0 Å². The summed E-state index contributed by atoms with van der Waals surface area (Å²) >= 11 is 0. The van der Waals surface area contributed by atoms with Crippen LogP contribution in [0.25, 0.3) is 10.8 Å². The van der Waals surface area contributed by atoms with Crippen molar-refractivity contribution in [3.8, 4) is 0 Å². The van der Waals surface area contributed by atoms with Gasteiger partial charge in [0, 0.05) is 54.5 Å². The van der Waals surface area contributed by atoms with E-state index in [4.69, 9.17) is 0 Å².